The van der Waals surface area contributed by atoms with E-state index in [1.807, 2.05) is 84.6 Å². The van der Waals surface area contributed by atoms with Crippen LogP contribution in [0, 0.1) is 6.92 Å². The fourth-order valence-electron chi connectivity index (χ4n) is 6.36. The van der Waals surface area contributed by atoms with Crippen molar-refractivity contribution in [3.63, 3.8) is 0 Å². The van der Waals surface area contributed by atoms with Gasteiger partial charge in [0, 0.05) is 32.6 Å². The summed E-state index contributed by atoms with van der Waals surface area (Å²) >= 11 is 12.6. The zero-order chi connectivity index (χ0) is 31.7. The fraction of sp³-hybridized carbons (Fsp3) is 0.278. The summed E-state index contributed by atoms with van der Waals surface area (Å²) in [6, 6.07) is 26.3. The van der Waals surface area contributed by atoms with E-state index < -0.39 is 11.7 Å². The van der Waals surface area contributed by atoms with Crippen LogP contribution < -0.4 is 15.8 Å². The van der Waals surface area contributed by atoms with E-state index in [1.165, 1.54) is 0 Å². The minimum atomic E-state index is -1.61. The Kier molecular flexibility index (Phi) is 8.89. The molecule has 7 nitrogen and oxygen atoms in total. The number of amides is 2. The Hall–Kier alpha value is -3.88. The van der Waals surface area contributed by atoms with Gasteiger partial charge in [0.15, 0.2) is 5.66 Å². The highest BCUT2D eigenvalue weighted by molar-refractivity contribution is 6.42. The van der Waals surface area contributed by atoms with Crippen LogP contribution in [0.4, 0.5) is 0 Å². The second-order valence-electron chi connectivity index (χ2n) is 12.0. The van der Waals surface area contributed by atoms with E-state index in [2.05, 4.69) is 5.32 Å². The number of halogens is 2. The van der Waals surface area contributed by atoms with Crippen LogP contribution in [0.2, 0.25) is 10.0 Å². The fourth-order valence-corrected chi connectivity index (χ4v) is 6.68. The number of carbonyl (C=O) groups is 2. The van der Waals surface area contributed by atoms with Crippen LogP contribution in [0.5, 0.6) is 5.75 Å². The van der Waals surface area contributed by atoms with E-state index in [1.54, 1.807) is 24.1 Å². The molecule has 2 aliphatic rings. The molecule has 0 spiro atoms. The first-order valence-corrected chi connectivity index (χ1v) is 15.7. The number of fused-ring (bicyclic) bond motifs is 2. The number of methoxy groups -OCH3 is 1. The number of ether oxygens (including phenoxy) is 1. The summed E-state index contributed by atoms with van der Waals surface area (Å²) in [5.74, 6) is 0.302. The third kappa shape index (κ3) is 6.58. The van der Waals surface area contributed by atoms with Gasteiger partial charge in [-0.3, -0.25) is 14.9 Å². The zero-order valence-electron chi connectivity index (χ0n) is 25.4. The number of nitrogens with one attached hydrogen (secondary N) is 1. The highest BCUT2D eigenvalue weighted by Crippen LogP contribution is 2.29. The van der Waals surface area contributed by atoms with Gasteiger partial charge in [0.2, 0.25) is 5.91 Å². The van der Waals surface area contributed by atoms with Gasteiger partial charge in [-0.2, -0.15) is 0 Å². The molecule has 2 heterocycles. The largest absolute Gasteiger partial charge is 0.497 e. The maximum absolute atomic E-state index is 14.5. The number of carbonyl (C=O) groups excluding carboxylic acids is 2. The molecule has 232 valence electrons. The standard InChI is InChI=1S/C36H36Cl2N4O3/c1-23-15-30(45-2)13-12-25(23)18-36(39,35(44)42-21-28-9-5-6-10-29(28)22-42)40-33(17-24-11-14-31(37)32(38)16-24)34(43)41-19-26-7-3-4-8-27(26)20-41/h3-16,33,40H,17-22,39H2,1-2H3/t33?,36-/m1/s1. The molecular formula is C36H36Cl2N4O3. The second kappa shape index (κ2) is 12.9. The molecule has 4 aromatic carbocycles. The van der Waals surface area contributed by atoms with Crippen LogP contribution in [0.3, 0.4) is 0 Å². The first kappa shape index (κ1) is 31.1. The maximum Gasteiger partial charge on any atom is 0.258 e. The summed E-state index contributed by atoms with van der Waals surface area (Å²) in [7, 11) is 1.62. The number of rotatable bonds is 9. The quantitative estimate of drug-likeness (QED) is 0.226. The molecule has 1 unspecified atom stereocenters. The molecule has 45 heavy (non-hydrogen) atoms. The van der Waals surface area contributed by atoms with E-state index in [-0.39, 0.29) is 24.7 Å². The van der Waals surface area contributed by atoms with E-state index >= 15 is 0 Å². The normalized spacial score (nSPS) is 15.8. The molecule has 0 saturated heterocycles. The number of hydrogen-bond donors (Lipinski definition) is 2. The number of hydrogen-bond acceptors (Lipinski definition) is 5. The minimum absolute atomic E-state index is 0.143. The molecule has 6 rings (SSSR count). The molecule has 0 saturated carbocycles. The predicted molar refractivity (Wildman–Crippen MR) is 177 cm³/mol. The maximum atomic E-state index is 14.5. The average Bonchev–Trinajstić information content (AvgIpc) is 3.67. The molecule has 0 bridgehead atoms. The van der Waals surface area contributed by atoms with Gasteiger partial charge in [-0.15, -0.1) is 0 Å². The second-order valence-corrected chi connectivity index (χ2v) is 12.8. The molecule has 2 atom stereocenters. The lowest BCUT2D eigenvalue weighted by molar-refractivity contribution is -0.141. The Morgan fingerprint density at radius 2 is 1.42 bits per heavy atom. The zero-order valence-corrected chi connectivity index (χ0v) is 26.9. The first-order chi connectivity index (χ1) is 21.6. The Bertz CT molecular complexity index is 1710. The minimum Gasteiger partial charge on any atom is -0.497 e. The molecule has 4 aromatic rings. The Balaban J connectivity index is 1.36. The lowest BCUT2D eigenvalue weighted by Crippen LogP contribution is -2.69. The summed E-state index contributed by atoms with van der Waals surface area (Å²) in [4.78, 5) is 32.5. The third-order valence-corrected chi connectivity index (χ3v) is 9.57. The number of nitrogens with two attached hydrogens (primary N) is 1. The number of benzene rings is 4. The van der Waals surface area contributed by atoms with Crippen molar-refractivity contribution in [1.82, 2.24) is 15.1 Å². The van der Waals surface area contributed by atoms with Gasteiger partial charge in [-0.1, -0.05) is 83.9 Å². The summed E-state index contributed by atoms with van der Waals surface area (Å²) in [5, 5.41) is 4.24. The van der Waals surface area contributed by atoms with Crippen molar-refractivity contribution in [3.8, 4) is 5.75 Å². The van der Waals surface area contributed by atoms with Gasteiger partial charge in [0.05, 0.1) is 23.2 Å². The molecular weight excluding hydrogens is 607 g/mol. The van der Waals surface area contributed by atoms with Crippen LogP contribution in [-0.4, -0.2) is 40.4 Å². The lowest BCUT2D eigenvalue weighted by Gasteiger charge is -2.37. The van der Waals surface area contributed by atoms with E-state index in [4.69, 9.17) is 33.7 Å². The SMILES string of the molecule is COc1ccc(C[C@@](N)(NC(Cc2ccc(Cl)c(Cl)c2)C(=O)N2Cc3ccccc3C2)C(=O)N2Cc3ccccc3C2)c(C)c1. The summed E-state index contributed by atoms with van der Waals surface area (Å²) in [6.45, 7) is 3.83. The van der Waals surface area contributed by atoms with Crippen LogP contribution in [0.1, 0.15) is 38.9 Å². The van der Waals surface area contributed by atoms with Gasteiger partial charge in [0.25, 0.3) is 5.91 Å². The van der Waals surface area contributed by atoms with E-state index in [0.29, 0.717) is 36.2 Å². The van der Waals surface area contributed by atoms with Crippen LogP contribution in [0.15, 0.2) is 84.9 Å². The summed E-state index contributed by atoms with van der Waals surface area (Å²) < 4.78 is 5.42. The number of nitrogens with zero attached hydrogens (tertiary/aromatic N) is 2. The van der Waals surface area contributed by atoms with Gasteiger partial charge < -0.3 is 20.3 Å². The predicted octanol–water partition coefficient (Wildman–Crippen LogP) is 5.79. The van der Waals surface area contributed by atoms with Crippen molar-refractivity contribution < 1.29 is 14.3 Å². The molecule has 0 aromatic heterocycles. The summed E-state index contributed by atoms with van der Waals surface area (Å²) in [6.07, 6.45) is 0.427. The van der Waals surface area contributed by atoms with Crippen molar-refractivity contribution in [1.29, 1.82) is 0 Å². The molecule has 2 amide bonds. The highest BCUT2D eigenvalue weighted by atomic mass is 35.5. The van der Waals surface area contributed by atoms with Crippen molar-refractivity contribution in [2.24, 2.45) is 5.73 Å². The van der Waals surface area contributed by atoms with Gasteiger partial charge in [0.1, 0.15) is 5.75 Å². The topological polar surface area (TPSA) is 87.9 Å². The molecule has 2 aliphatic heterocycles. The van der Waals surface area contributed by atoms with Gasteiger partial charge in [-0.05, 0) is 76.6 Å². The molecule has 0 fully saturated rings. The van der Waals surface area contributed by atoms with Crippen molar-refractivity contribution in [3.05, 3.63) is 134 Å². The summed E-state index contributed by atoms with van der Waals surface area (Å²) in [5.41, 5.74) is 12.6. The first-order valence-electron chi connectivity index (χ1n) is 15.0. The Labute approximate surface area is 273 Å². The smallest absolute Gasteiger partial charge is 0.258 e. The Morgan fingerprint density at radius 3 is 1.96 bits per heavy atom. The highest BCUT2D eigenvalue weighted by Gasteiger charge is 2.43. The van der Waals surface area contributed by atoms with Crippen LogP contribution >= 0.6 is 23.2 Å². The number of aryl methyl sites for hydroxylation is 1. The molecule has 9 heteroatoms. The van der Waals surface area contributed by atoms with Crippen molar-refractivity contribution >= 4 is 35.0 Å². The van der Waals surface area contributed by atoms with Gasteiger partial charge in [-0.25, -0.2) is 0 Å². The molecule has 0 aliphatic carbocycles. The molecule has 0 radical (unpaired) electrons. The van der Waals surface area contributed by atoms with Crippen LogP contribution in [-0.2, 0) is 48.6 Å². The average molecular weight is 644 g/mol. The monoisotopic (exact) mass is 642 g/mol. The Morgan fingerprint density at radius 1 is 0.844 bits per heavy atom. The van der Waals surface area contributed by atoms with E-state index in [9.17, 15) is 9.59 Å². The lowest BCUT2D eigenvalue weighted by atomic mass is 9.93. The molecule has 3 N–H and O–H groups in total. The third-order valence-electron chi connectivity index (χ3n) is 8.83. The van der Waals surface area contributed by atoms with E-state index in [0.717, 1.165) is 44.7 Å². The van der Waals surface area contributed by atoms with Crippen molar-refractivity contribution in [2.75, 3.05) is 7.11 Å². The van der Waals surface area contributed by atoms with Gasteiger partial charge >= 0.3 is 0 Å². The van der Waals surface area contributed by atoms with Crippen molar-refractivity contribution in [2.45, 2.75) is 57.6 Å². The van der Waals surface area contributed by atoms with Crippen LogP contribution in [0.25, 0.3) is 0 Å².